The molecule has 0 aliphatic heterocycles. The molecule has 114 valence electrons. The molecule has 2 aromatic rings. The lowest BCUT2D eigenvalue weighted by Gasteiger charge is -2.13. The zero-order valence-electron chi connectivity index (χ0n) is 12.8. The van der Waals surface area contributed by atoms with Crippen molar-refractivity contribution in [1.29, 1.82) is 0 Å². The summed E-state index contributed by atoms with van der Waals surface area (Å²) in [6.45, 7) is 4.48. The Balaban J connectivity index is 2.26. The van der Waals surface area contributed by atoms with E-state index in [9.17, 15) is 9.59 Å². The van der Waals surface area contributed by atoms with Crippen LogP contribution < -0.4 is 10.1 Å². The molecule has 0 saturated heterocycles. The van der Waals surface area contributed by atoms with Crippen LogP contribution in [-0.4, -0.2) is 18.8 Å². The highest BCUT2D eigenvalue weighted by molar-refractivity contribution is 6.05. The number of ether oxygens (including phenoxy) is 1. The number of nitrogens with one attached hydrogen (secondary N) is 1. The second-order valence-corrected chi connectivity index (χ2v) is 5.05. The zero-order valence-corrected chi connectivity index (χ0v) is 12.8. The molecule has 4 heteroatoms. The Labute approximate surface area is 130 Å². The average Bonchev–Trinajstić information content (AvgIpc) is 2.53. The van der Waals surface area contributed by atoms with Crippen molar-refractivity contribution in [3.05, 3.63) is 59.2 Å². The van der Waals surface area contributed by atoms with E-state index in [1.807, 2.05) is 32.0 Å². The summed E-state index contributed by atoms with van der Waals surface area (Å²) in [7, 11) is 0. The molecule has 0 spiro atoms. The number of carbonyl (C=O) groups is 2. The fraction of sp³-hybridized carbons (Fsp3) is 0.222. The van der Waals surface area contributed by atoms with Crippen LogP contribution >= 0.6 is 0 Å². The minimum atomic E-state index is -0.229. The van der Waals surface area contributed by atoms with E-state index in [0.29, 0.717) is 29.2 Å². The van der Waals surface area contributed by atoms with Crippen LogP contribution in [0.4, 0.5) is 5.69 Å². The summed E-state index contributed by atoms with van der Waals surface area (Å²) >= 11 is 0. The Hall–Kier alpha value is -2.62. The van der Waals surface area contributed by atoms with Crippen molar-refractivity contribution < 1.29 is 14.3 Å². The van der Waals surface area contributed by atoms with Gasteiger partial charge >= 0.3 is 0 Å². The summed E-state index contributed by atoms with van der Waals surface area (Å²) < 4.78 is 5.62. The average molecular weight is 297 g/mol. The van der Waals surface area contributed by atoms with Gasteiger partial charge in [-0.15, -0.1) is 0 Å². The molecule has 0 heterocycles. The van der Waals surface area contributed by atoms with E-state index < -0.39 is 0 Å². The van der Waals surface area contributed by atoms with Gasteiger partial charge in [-0.2, -0.15) is 0 Å². The van der Waals surface area contributed by atoms with Crippen LogP contribution in [0.25, 0.3) is 0 Å². The SMILES string of the molecule is CCCOc1ccc(C=O)cc1NC(=O)c1cccc(C)c1. The van der Waals surface area contributed by atoms with E-state index >= 15 is 0 Å². The van der Waals surface area contributed by atoms with Crippen molar-refractivity contribution in [2.24, 2.45) is 0 Å². The number of rotatable bonds is 6. The van der Waals surface area contributed by atoms with E-state index in [0.717, 1.165) is 18.3 Å². The summed E-state index contributed by atoms with van der Waals surface area (Å²) in [5.41, 5.74) is 2.57. The van der Waals surface area contributed by atoms with Gasteiger partial charge in [-0.1, -0.05) is 24.6 Å². The molecule has 0 aromatic heterocycles. The molecule has 1 N–H and O–H groups in total. The first-order chi connectivity index (χ1) is 10.6. The van der Waals surface area contributed by atoms with Crippen molar-refractivity contribution in [1.82, 2.24) is 0 Å². The van der Waals surface area contributed by atoms with Crippen LogP contribution in [0.2, 0.25) is 0 Å². The minimum absolute atomic E-state index is 0.229. The molecule has 0 atom stereocenters. The summed E-state index contributed by atoms with van der Waals surface area (Å²) in [4.78, 5) is 23.3. The van der Waals surface area contributed by atoms with Gasteiger partial charge in [-0.3, -0.25) is 9.59 Å². The summed E-state index contributed by atoms with van der Waals surface area (Å²) in [5.74, 6) is 0.335. The second-order valence-electron chi connectivity index (χ2n) is 5.05. The van der Waals surface area contributed by atoms with Gasteiger partial charge in [-0.25, -0.2) is 0 Å². The number of carbonyl (C=O) groups excluding carboxylic acids is 2. The molecule has 2 aromatic carbocycles. The number of anilines is 1. The molecule has 0 aliphatic carbocycles. The third-order valence-corrected chi connectivity index (χ3v) is 3.13. The molecule has 0 saturated carbocycles. The molecule has 0 bridgehead atoms. The predicted octanol–water partition coefficient (Wildman–Crippen LogP) is 3.85. The quantitative estimate of drug-likeness (QED) is 0.824. The van der Waals surface area contributed by atoms with Crippen molar-refractivity contribution >= 4 is 17.9 Å². The monoisotopic (exact) mass is 297 g/mol. The first-order valence-corrected chi connectivity index (χ1v) is 7.24. The summed E-state index contributed by atoms with van der Waals surface area (Å²) in [6, 6.07) is 12.3. The van der Waals surface area contributed by atoms with Gasteiger partial charge in [0.25, 0.3) is 5.91 Å². The highest BCUT2D eigenvalue weighted by Crippen LogP contribution is 2.26. The molecule has 0 fully saturated rings. The van der Waals surface area contributed by atoms with Gasteiger partial charge in [-0.05, 0) is 43.7 Å². The standard InChI is InChI=1S/C18H19NO3/c1-3-9-22-17-8-7-14(12-20)11-16(17)19-18(21)15-6-4-5-13(2)10-15/h4-8,10-12H,3,9H2,1-2H3,(H,19,21). The lowest BCUT2D eigenvalue weighted by molar-refractivity contribution is 0.102. The minimum Gasteiger partial charge on any atom is -0.491 e. The number of amides is 1. The second kappa shape index (κ2) is 7.41. The Morgan fingerprint density at radius 2 is 2.05 bits per heavy atom. The van der Waals surface area contributed by atoms with Gasteiger partial charge < -0.3 is 10.1 Å². The predicted molar refractivity (Wildman–Crippen MR) is 86.7 cm³/mol. The Morgan fingerprint density at radius 3 is 2.73 bits per heavy atom. The Bertz CT molecular complexity index is 680. The lowest BCUT2D eigenvalue weighted by Crippen LogP contribution is -2.13. The normalized spacial score (nSPS) is 10.1. The van der Waals surface area contributed by atoms with Crippen LogP contribution in [0.1, 0.15) is 39.6 Å². The summed E-state index contributed by atoms with van der Waals surface area (Å²) in [6.07, 6.45) is 1.60. The van der Waals surface area contributed by atoms with Gasteiger partial charge in [0.15, 0.2) is 0 Å². The van der Waals surface area contributed by atoms with Crippen molar-refractivity contribution in [3.8, 4) is 5.75 Å². The Morgan fingerprint density at radius 1 is 1.23 bits per heavy atom. The highest BCUT2D eigenvalue weighted by Gasteiger charge is 2.11. The molecule has 1 amide bonds. The zero-order chi connectivity index (χ0) is 15.9. The van der Waals surface area contributed by atoms with E-state index in [1.165, 1.54) is 0 Å². The number of aryl methyl sites for hydroxylation is 1. The van der Waals surface area contributed by atoms with E-state index in [-0.39, 0.29) is 5.91 Å². The molecule has 0 unspecified atom stereocenters. The smallest absolute Gasteiger partial charge is 0.255 e. The molecule has 2 rings (SSSR count). The fourth-order valence-electron chi connectivity index (χ4n) is 2.04. The molecular formula is C18H19NO3. The third kappa shape index (κ3) is 3.95. The van der Waals surface area contributed by atoms with Gasteiger partial charge in [0.05, 0.1) is 12.3 Å². The van der Waals surface area contributed by atoms with Crippen LogP contribution in [0.15, 0.2) is 42.5 Å². The van der Waals surface area contributed by atoms with E-state index in [1.54, 1.807) is 24.3 Å². The van der Waals surface area contributed by atoms with Crippen LogP contribution in [0, 0.1) is 6.92 Å². The molecular weight excluding hydrogens is 278 g/mol. The molecule has 4 nitrogen and oxygen atoms in total. The van der Waals surface area contributed by atoms with Crippen LogP contribution in [-0.2, 0) is 0 Å². The number of hydrogen-bond donors (Lipinski definition) is 1. The Kier molecular flexibility index (Phi) is 5.31. The highest BCUT2D eigenvalue weighted by atomic mass is 16.5. The maximum atomic E-state index is 12.3. The van der Waals surface area contributed by atoms with Crippen molar-refractivity contribution in [2.45, 2.75) is 20.3 Å². The molecule has 0 radical (unpaired) electrons. The first kappa shape index (κ1) is 15.8. The maximum absolute atomic E-state index is 12.3. The summed E-state index contributed by atoms with van der Waals surface area (Å²) in [5, 5.41) is 2.81. The fourth-order valence-corrected chi connectivity index (χ4v) is 2.04. The van der Waals surface area contributed by atoms with E-state index in [2.05, 4.69) is 5.32 Å². The number of benzene rings is 2. The number of aldehydes is 1. The van der Waals surface area contributed by atoms with Gasteiger partial charge in [0.1, 0.15) is 12.0 Å². The topological polar surface area (TPSA) is 55.4 Å². The molecule has 22 heavy (non-hydrogen) atoms. The molecule has 0 aliphatic rings. The largest absolute Gasteiger partial charge is 0.491 e. The van der Waals surface area contributed by atoms with E-state index in [4.69, 9.17) is 4.74 Å². The van der Waals surface area contributed by atoms with Crippen LogP contribution in [0.5, 0.6) is 5.75 Å². The maximum Gasteiger partial charge on any atom is 0.255 e. The van der Waals surface area contributed by atoms with Crippen LogP contribution in [0.3, 0.4) is 0 Å². The van der Waals surface area contributed by atoms with Crippen molar-refractivity contribution in [2.75, 3.05) is 11.9 Å². The van der Waals surface area contributed by atoms with Crippen molar-refractivity contribution in [3.63, 3.8) is 0 Å². The first-order valence-electron chi connectivity index (χ1n) is 7.24. The third-order valence-electron chi connectivity index (χ3n) is 3.13. The lowest BCUT2D eigenvalue weighted by atomic mass is 10.1. The van der Waals surface area contributed by atoms with Gasteiger partial charge in [0.2, 0.25) is 0 Å². The van der Waals surface area contributed by atoms with Gasteiger partial charge in [0, 0.05) is 11.1 Å². The number of hydrogen-bond acceptors (Lipinski definition) is 3.